The van der Waals surface area contributed by atoms with Gasteiger partial charge in [0.25, 0.3) is 0 Å². The molecule has 0 atom stereocenters. The number of phenolic OH excluding ortho intramolecular Hbond substituents is 1. The van der Waals surface area contributed by atoms with Crippen molar-refractivity contribution in [1.29, 1.82) is 0 Å². The first-order chi connectivity index (χ1) is 7.74. The van der Waals surface area contributed by atoms with Gasteiger partial charge in [-0.25, -0.2) is 0 Å². The van der Waals surface area contributed by atoms with E-state index in [0.29, 0.717) is 5.75 Å². The zero-order chi connectivity index (χ0) is 12.0. The average molecular weight is 214 g/mol. The Hall–Kier alpha value is -1.76. The summed E-state index contributed by atoms with van der Waals surface area (Å²) >= 11 is 0. The van der Waals surface area contributed by atoms with Crippen LogP contribution in [0.1, 0.15) is 37.5 Å². The number of benzene rings is 1. The molecule has 0 aliphatic heterocycles. The zero-order valence-corrected chi connectivity index (χ0v) is 10.1. The van der Waals surface area contributed by atoms with Crippen LogP contribution in [0.4, 0.5) is 0 Å². The highest BCUT2D eigenvalue weighted by Crippen LogP contribution is 2.29. The Morgan fingerprint density at radius 1 is 0.812 bits per heavy atom. The molecule has 0 saturated heterocycles. The minimum absolute atomic E-state index is 0.340. The lowest BCUT2D eigenvalue weighted by Crippen LogP contribution is -1.85. The van der Waals surface area contributed by atoms with Crippen molar-refractivity contribution in [3.63, 3.8) is 0 Å². The fourth-order valence-corrected chi connectivity index (χ4v) is 1.62. The van der Waals surface area contributed by atoms with Crippen molar-refractivity contribution < 1.29 is 5.11 Å². The van der Waals surface area contributed by atoms with E-state index in [9.17, 15) is 5.11 Å². The van der Waals surface area contributed by atoms with Crippen LogP contribution in [0.3, 0.4) is 0 Å². The normalized spacial score (nSPS) is 12.2. The Kier molecular flexibility index (Phi) is 4.59. The Bertz CT molecular complexity index is 437. The van der Waals surface area contributed by atoms with Gasteiger partial charge in [0.05, 0.1) is 0 Å². The second-order valence-corrected chi connectivity index (χ2v) is 3.51. The van der Waals surface area contributed by atoms with Crippen LogP contribution in [0.25, 0.3) is 18.2 Å². The molecule has 0 amide bonds. The van der Waals surface area contributed by atoms with Crippen molar-refractivity contribution in [2.24, 2.45) is 0 Å². The van der Waals surface area contributed by atoms with E-state index in [1.54, 1.807) is 0 Å². The van der Waals surface area contributed by atoms with Gasteiger partial charge >= 0.3 is 0 Å². The molecule has 0 bridgehead atoms. The average Bonchev–Trinajstić information content (AvgIpc) is 2.28. The highest BCUT2D eigenvalue weighted by Gasteiger charge is 2.06. The van der Waals surface area contributed by atoms with Gasteiger partial charge in [0, 0.05) is 11.1 Å². The second-order valence-electron chi connectivity index (χ2n) is 3.51. The summed E-state index contributed by atoms with van der Waals surface area (Å²) in [4.78, 5) is 0. The first-order valence-corrected chi connectivity index (χ1v) is 5.48. The van der Waals surface area contributed by atoms with Crippen molar-refractivity contribution in [3.8, 4) is 5.75 Å². The van der Waals surface area contributed by atoms with Gasteiger partial charge in [0.2, 0.25) is 0 Å². The number of rotatable bonds is 3. The number of hydrogen-bond acceptors (Lipinski definition) is 1. The maximum absolute atomic E-state index is 10.1. The minimum Gasteiger partial charge on any atom is -0.507 e. The molecule has 0 heterocycles. The summed E-state index contributed by atoms with van der Waals surface area (Å²) in [5, 5.41) is 10.1. The quantitative estimate of drug-likeness (QED) is 0.785. The minimum atomic E-state index is 0.340. The van der Waals surface area contributed by atoms with Gasteiger partial charge in [-0.05, 0) is 26.3 Å². The first kappa shape index (κ1) is 12.3. The summed E-state index contributed by atoms with van der Waals surface area (Å²) < 4.78 is 0. The topological polar surface area (TPSA) is 20.2 Å². The zero-order valence-electron chi connectivity index (χ0n) is 10.1. The third-order valence-corrected chi connectivity index (χ3v) is 2.31. The Morgan fingerprint density at radius 2 is 1.31 bits per heavy atom. The van der Waals surface area contributed by atoms with Crippen LogP contribution in [0, 0.1) is 0 Å². The Morgan fingerprint density at radius 3 is 1.88 bits per heavy atom. The summed E-state index contributed by atoms with van der Waals surface area (Å²) in [5.41, 5.74) is 2.76. The maximum atomic E-state index is 10.1. The second kappa shape index (κ2) is 5.96. The van der Waals surface area contributed by atoms with Gasteiger partial charge in [-0.3, -0.25) is 0 Å². The third kappa shape index (κ3) is 2.63. The molecule has 0 aromatic heterocycles. The van der Waals surface area contributed by atoms with Crippen molar-refractivity contribution in [2.45, 2.75) is 20.8 Å². The molecule has 0 fully saturated rings. The van der Waals surface area contributed by atoms with Crippen molar-refractivity contribution >= 4 is 18.2 Å². The summed E-state index contributed by atoms with van der Waals surface area (Å²) in [5.74, 6) is 0.340. The monoisotopic (exact) mass is 214 g/mol. The van der Waals surface area contributed by atoms with Gasteiger partial charge in [-0.2, -0.15) is 0 Å². The molecule has 1 rings (SSSR count). The Balaban J connectivity index is 3.40. The van der Waals surface area contributed by atoms with E-state index in [4.69, 9.17) is 0 Å². The lowest BCUT2D eigenvalue weighted by molar-refractivity contribution is 0.472. The van der Waals surface area contributed by atoms with Crippen LogP contribution in [-0.2, 0) is 0 Å². The fraction of sp³-hybridized carbons (Fsp3) is 0.200. The summed E-state index contributed by atoms with van der Waals surface area (Å²) in [7, 11) is 0. The van der Waals surface area contributed by atoms with Crippen LogP contribution in [0.5, 0.6) is 5.75 Å². The predicted octanol–water partition coefficient (Wildman–Crippen LogP) is 4.49. The molecule has 84 valence electrons. The number of phenols is 1. The van der Waals surface area contributed by atoms with Crippen LogP contribution >= 0.6 is 0 Å². The number of hydrogen-bond donors (Lipinski definition) is 1. The molecule has 1 aromatic carbocycles. The predicted molar refractivity (Wildman–Crippen MR) is 72.2 cm³/mol. The Labute approximate surface area is 97.4 Å². The molecule has 1 aromatic rings. The van der Waals surface area contributed by atoms with Crippen LogP contribution < -0.4 is 0 Å². The van der Waals surface area contributed by atoms with Gasteiger partial charge < -0.3 is 5.11 Å². The molecular weight excluding hydrogens is 196 g/mol. The van der Waals surface area contributed by atoms with E-state index in [1.165, 1.54) is 0 Å². The first-order valence-electron chi connectivity index (χ1n) is 5.48. The highest BCUT2D eigenvalue weighted by atomic mass is 16.3. The van der Waals surface area contributed by atoms with E-state index >= 15 is 0 Å². The van der Waals surface area contributed by atoms with E-state index < -0.39 is 0 Å². The van der Waals surface area contributed by atoms with E-state index in [0.717, 1.165) is 16.7 Å². The van der Waals surface area contributed by atoms with Crippen LogP contribution in [0.15, 0.2) is 30.4 Å². The van der Waals surface area contributed by atoms with E-state index in [2.05, 4.69) is 0 Å². The van der Waals surface area contributed by atoms with Crippen LogP contribution in [-0.4, -0.2) is 5.11 Å². The summed E-state index contributed by atoms with van der Waals surface area (Å²) in [6.45, 7) is 5.85. The molecule has 0 aliphatic carbocycles. The number of aromatic hydroxyl groups is 1. The molecule has 0 saturated carbocycles. The van der Waals surface area contributed by atoms with Gasteiger partial charge in [-0.15, -0.1) is 0 Å². The molecule has 0 unspecified atom stereocenters. The fourth-order valence-electron chi connectivity index (χ4n) is 1.62. The largest absolute Gasteiger partial charge is 0.507 e. The molecule has 0 aliphatic rings. The van der Waals surface area contributed by atoms with Crippen LogP contribution in [0.2, 0.25) is 0 Å². The molecule has 1 nitrogen and oxygen atoms in total. The highest BCUT2D eigenvalue weighted by molar-refractivity contribution is 5.75. The van der Waals surface area contributed by atoms with Crippen molar-refractivity contribution in [1.82, 2.24) is 0 Å². The summed E-state index contributed by atoms with van der Waals surface area (Å²) in [6, 6.07) is 3.95. The van der Waals surface area contributed by atoms with Gasteiger partial charge in [0.1, 0.15) is 5.75 Å². The lowest BCUT2D eigenvalue weighted by Gasteiger charge is -2.07. The standard InChI is InChI=1S/C15H18O/c1-4-7-12-10-11-13(8-5-2)15(16)14(12)9-6-3/h4-11,16H,1-3H3/b7-4+,8-5+,9-6+. The maximum Gasteiger partial charge on any atom is 0.130 e. The molecule has 0 spiro atoms. The molecule has 16 heavy (non-hydrogen) atoms. The van der Waals surface area contributed by atoms with Crippen molar-refractivity contribution in [2.75, 3.05) is 0 Å². The molecule has 1 N–H and O–H groups in total. The lowest BCUT2D eigenvalue weighted by atomic mass is 10.0. The molecule has 0 radical (unpaired) electrons. The SMILES string of the molecule is C/C=C/c1ccc(/C=C/C)c(/C=C/C)c1O. The third-order valence-electron chi connectivity index (χ3n) is 2.31. The molecular formula is C15H18O. The molecule has 1 heteroatoms. The van der Waals surface area contributed by atoms with E-state index in [-0.39, 0.29) is 0 Å². The van der Waals surface area contributed by atoms with E-state index in [1.807, 2.05) is 69.4 Å². The number of allylic oxidation sites excluding steroid dienone is 3. The van der Waals surface area contributed by atoms with Gasteiger partial charge in [0.15, 0.2) is 0 Å². The van der Waals surface area contributed by atoms with Gasteiger partial charge in [-0.1, -0.05) is 48.6 Å². The smallest absolute Gasteiger partial charge is 0.130 e. The van der Waals surface area contributed by atoms with Crippen molar-refractivity contribution in [3.05, 3.63) is 47.1 Å². The summed E-state index contributed by atoms with van der Waals surface area (Å²) in [6.07, 6.45) is 11.6.